The number of hydrogen-bond acceptors (Lipinski definition) is 9. The maximum absolute atomic E-state index is 13.4. The van der Waals surface area contributed by atoms with Gasteiger partial charge in [-0.3, -0.25) is 20.1 Å². The molecule has 0 radical (unpaired) electrons. The van der Waals surface area contributed by atoms with Crippen LogP contribution in [0.5, 0.6) is 0 Å². The number of likely N-dealkylation sites (tertiary alicyclic amines) is 1. The number of nitrogens with one attached hydrogen (secondary N) is 1. The summed E-state index contributed by atoms with van der Waals surface area (Å²) in [6, 6.07) is 10.1. The van der Waals surface area contributed by atoms with Gasteiger partial charge in [0.2, 0.25) is 5.82 Å². The van der Waals surface area contributed by atoms with Crippen molar-refractivity contribution >= 4 is 33.6 Å². The number of amides is 1. The number of carboxylic acids is 1. The van der Waals surface area contributed by atoms with Gasteiger partial charge in [0.15, 0.2) is 5.82 Å². The van der Waals surface area contributed by atoms with Crippen LogP contribution in [0.15, 0.2) is 34.9 Å². The Hall–Kier alpha value is -3.32. The first-order valence-corrected chi connectivity index (χ1v) is 16.3. The molecule has 3 heterocycles. The zero-order valence-electron chi connectivity index (χ0n) is 25.8. The van der Waals surface area contributed by atoms with Gasteiger partial charge in [0, 0.05) is 51.0 Å². The van der Waals surface area contributed by atoms with E-state index in [0.717, 1.165) is 69.9 Å². The van der Waals surface area contributed by atoms with Gasteiger partial charge in [0.1, 0.15) is 6.07 Å². The summed E-state index contributed by atoms with van der Waals surface area (Å²) in [6.07, 6.45) is 3.25. The highest BCUT2D eigenvalue weighted by Crippen LogP contribution is 2.30. The molecule has 5 rings (SSSR count). The summed E-state index contributed by atoms with van der Waals surface area (Å²) in [7, 11) is 2.22. The van der Waals surface area contributed by atoms with Crippen molar-refractivity contribution in [2.45, 2.75) is 57.3 Å². The van der Waals surface area contributed by atoms with Crippen molar-refractivity contribution in [3.8, 4) is 6.07 Å². The molecule has 46 heavy (non-hydrogen) atoms. The molecule has 2 aromatic rings. The molecule has 0 atom stereocenters. The summed E-state index contributed by atoms with van der Waals surface area (Å²) in [4.78, 5) is 38.4. The van der Waals surface area contributed by atoms with Crippen molar-refractivity contribution in [2.75, 3.05) is 57.9 Å². The van der Waals surface area contributed by atoms with Crippen molar-refractivity contribution in [1.29, 1.82) is 5.26 Å². The van der Waals surface area contributed by atoms with Crippen molar-refractivity contribution in [1.82, 2.24) is 30.1 Å². The molecule has 2 aliphatic heterocycles. The lowest BCUT2D eigenvalue weighted by Crippen LogP contribution is -2.49. The quantitative estimate of drug-likeness (QED) is 0.383. The van der Waals surface area contributed by atoms with Gasteiger partial charge < -0.3 is 14.9 Å². The first kappa shape index (κ1) is 35.5. The molecule has 0 unspecified atom stereocenters. The van der Waals surface area contributed by atoms with Crippen LogP contribution in [0.2, 0.25) is 0 Å². The van der Waals surface area contributed by atoms with E-state index in [9.17, 15) is 23.2 Å². The topological polar surface area (TPSA) is 129 Å². The molecule has 1 amide bonds. The van der Waals surface area contributed by atoms with Crippen LogP contribution in [0.3, 0.4) is 0 Å². The molecule has 250 valence electrons. The number of rotatable bonds is 8. The second-order valence-corrected chi connectivity index (χ2v) is 12.9. The summed E-state index contributed by atoms with van der Waals surface area (Å²) >= 11 is 3.52. The Morgan fingerprint density at radius 3 is 2.33 bits per heavy atom. The Morgan fingerprint density at radius 2 is 1.72 bits per heavy atom. The molecular weight excluding hydrogens is 669 g/mol. The number of aromatic nitrogens is 2. The number of aliphatic carboxylic acids is 1. The van der Waals surface area contributed by atoms with Crippen LogP contribution < -0.4 is 10.4 Å². The van der Waals surface area contributed by atoms with Gasteiger partial charge >= 0.3 is 12.1 Å². The first-order valence-electron chi connectivity index (χ1n) is 15.5. The van der Waals surface area contributed by atoms with Crippen LogP contribution in [0, 0.1) is 17.2 Å². The number of anilines is 1. The number of nitriles is 1. The normalized spacial score (nSPS) is 18.8. The van der Waals surface area contributed by atoms with E-state index in [1.165, 1.54) is 32.5 Å². The molecular formula is C31H40BrF3N8O3. The third-order valence-corrected chi connectivity index (χ3v) is 9.18. The first-order chi connectivity index (χ1) is 21.9. The number of piperidine rings is 1. The molecule has 11 nitrogen and oxygen atoms in total. The zero-order valence-corrected chi connectivity index (χ0v) is 27.4. The lowest BCUT2D eigenvalue weighted by atomic mass is 9.96. The fourth-order valence-corrected chi connectivity index (χ4v) is 6.43. The Kier molecular flexibility index (Phi) is 12.7. The monoisotopic (exact) mass is 708 g/mol. The Labute approximate surface area is 275 Å². The van der Waals surface area contributed by atoms with Crippen molar-refractivity contribution < 1.29 is 27.9 Å². The van der Waals surface area contributed by atoms with Gasteiger partial charge in [-0.1, -0.05) is 25.0 Å². The van der Waals surface area contributed by atoms with Crippen molar-refractivity contribution in [3.05, 3.63) is 51.9 Å². The summed E-state index contributed by atoms with van der Waals surface area (Å²) in [5, 5.41) is 18.3. The summed E-state index contributed by atoms with van der Waals surface area (Å²) in [5.74, 6) is -1.49. The van der Waals surface area contributed by atoms with E-state index in [1.54, 1.807) is 6.20 Å². The van der Waals surface area contributed by atoms with E-state index in [4.69, 9.17) is 9.90 Å². The third-order valence-electron chi connectivity index (χ3n) is 8.62. The maximum atomic E-state index is 13.4. The molecule has 0 spiro atoms. The standard InChI is InChI=1S/C29H39BrN8O.C2HF3O2/c1-35-11-9-22(10-12-35)20-36-13-15-37(16-14-36)21-23-5-4-6-24(17-23)29(39)34-38(25-7-2-3-8-25)28-26(30)19-32-27(18-31)33-28;3-2(4,5)1(6)7/h4-6,17,19,22,25H,2-3,7-16,20-21H2,1H3,(H,34,39);(H,6,7). The largest absolute Gasteiger partial charge is 0.490 e. The number of benzene rings is 1. The smallest absolute Gasteiger partial charge is 0.475 e. The molecule has 0 bridgehead atoms. The highest BCUT2D eigenvalue weighted by atomic mass is 79.9. The summed E-state index contributed by atoms with van der Waals surface area (Å²) in [6.45, 7) is 8.87. The lowest BCUT2D eigenvalue weighted by Gasteiger charge is -2.38. The van der Waals surface area contributed by atoms with E-state index < -0.39 is 12.1 Å². The molecule has 1 aromatic heterocycles. The average Bonchev–Trinajstić information content (AvgIpc) is 3.57. The molecule has 2 saturated heterocycles. The minimum atomic E-state index is -5.08. The van der Waals surface area contributed by atoms with Crippen LogP contribution in [0.1, 0.15) is 60.3 Å². The second kappa shape index (κ2) is 16.5. The van der Waals surface area contributed by atoms with Crippen LogP contribution in [0.4, 0.5) is 19.0 Å². The average molecular weight is 710 g/mol. The van der Waals surface area contributed by atoms with E-state index in [2.05, 4.69) is 59.1 Å². The number of carbonyl (C=O) groups is 2. The van der Waals surface area contributed by atoms with Gasteiger partial charge in [0.25, 0.3) is 5.91 Å². The lowest BCUT2D eigenvalue weighted by molar-refractivity contribution is -0.192. The number of hydrogen-bond donors (Lipinski definition) is 2. The van der Waals surface area contributed by atoms with E-state index in [-0.39, 0.29) is 17.8 Å². The number of halogens is 4. The molecule has 15 heteroatoms. The predicted octanol–water partition coefficient (Wildman–Crippen LogP) is 4.30. The fourth-order valence-electron chi connectivity index (χ4n) is 6.04. The SMILES string of the molecule is CN1CCC(CN2CCN(Cc3cccc(C(=O)NN(c4nc(C#N)ncc4Br)C4CCCC4)c3)CC2)CC1.O=C(O)C(F)(F)F. The van der Waals surface area contributed by atoms with Gasteiger partial charge in [-0.2, -0.15) is 23.4 Å². The summed E-state index contributed by atoms with van der Waals surface area (Å²) < 4.78 is 32.4. The van der Waals surface area contributed by atoms with Gasteiger partial charge in [-0.15, -0.1) is 0 Å². The fraction of sp³-hybridized carbons (Fsp3) is 0.581. The Morgan fingerprint density at radius 1 is 1.09 bits per heavy atom. The molecule has 1 saturated carbocycles. The van der Waals surface area contributed by atoms with Crippen LogP contribution >= 0.6 is 15.9 Å². The number of carbonyl (C=O) groups excluding carboxylic acids is 1. The molecule has 3 fully saturated rings. The Bertz CT molecular complexity index is 1370. The highest BCUT2D eigenvalue weighted by molar-refractivity contribution is 9.10. The van der Waals surface area contributed by atoms with Crippen LogP contribution in [0.25, 0.3) is 0 Å². The van der Waals surface area contributed by atoms with Gasteiger partial charge in [0.05, 0.1) is 10.5 Å². The second-order valence-electron chi connectivity index (χ2n) is 12.1. The number of nitrogens with zero attached hydrogens (tertiary/aromatic N) is 7. The Balaban J connectivity index is 0.000000617. The number of carboxylic acid groups (broad SMARTS) is 1. The van der Waals surface area contributed by atoms with E-state index in [0.29, 0.717) is 15.9 Å². The zero-order chi connectivity index (χ0) is 33.3. The van der Waals surface area contributed by atoms with Gasteiger partial charge in [-0.05, 0) is 85.4 Å². The molecule has 1 aliphatic carbocycles. The van der Waals surface area contributed by atoms with E-state index >= 15 is 0 Å². The van der Waals surface area contributed by atoms with Crippen molar-refractivity contribution in [2.24, 2.45) is 5.92 Å². The number of alkyl halides is 3. The number of hydrazine groups is 1. The number of piperazine rings is 1. The molecule has 3 aliphatic rings. The predicted molar refractivity (Wildman–Crippen MR) is 169 cm³/mol. The maximum Gasteiger partial charge on any atom is 0.490 e. The molecule has 2 N–H and O–H groups in total. The highest BCUT2D eigenvalue weighted by Gasteiger charge is 2.38. The van der Waals surface area contributed by atoms with E-state index in [1.807, 2.05) is 29.3 Å². The summed E-state index contributed by atoms with van der Waals surface area (Å²) in [5.41, 5.74) is 4.88. The van der Waals surface area contributed by atoms with Crippen LogP contribution in [-0.2, 0) is 11.3 Å². The minimum Gasteiger partial charge on any atom is -0.475 e. The van der Waals surface area contributed by atoms with Crippen LogP contribution in [-0.4, -0.2) is 107 Å². The third kappa shape index (κ3) is 10.3. The van der Waals surface area contributed by atoms with Crippen molar-refractivity contribution in [3.63, 3.8) is 0 Å². The minimum absolute atomic E-state index is 0.0823. The van der Waals surface area contributed by atoms with Gasteiger partial charge in [-0.25, -0.2) is 9.78 Å². The molecule has 1 aromatic carbocycles.